The van der Waals surface area contributed by atoms with Gasteiger partial charge in [0, 0.05) is 6.08 Å². The van der Waals surface area contributed by atoms with Crippen LogP contribution in [0.3, 0.4) is 0 Å². The fraction of sp³-hybridized carbons (Fsp3) is 0.667. The third kappa shape index (κ3) is 3.71. The van der Waals surface area contributed by atoms with Crippen LogP contribution in [-0.4, -0.2) is 21.2 Å². The first kappa shape index (κ1) is 11.4. The monoisotopic (exact) mass is 186 g/mol. The minimum atomic E-state index is -1.26. The number of carbonyl (C=O) groups is 1. The minimum Gasteiger partial charge on any atom is -0.466 e. The zero-order chi connectivity index (χ0) is 9.61. The first-order valence-corrected chi connectivity index (χ1v) is 7.34. The zero-order valence-electron chi connectivity index (χ0n) is 8.39. The van der Waals surface area contributed by atoms with Gasteiger partial charge in [-0.25, -0.2) is 4.79 Å². The van der Waals surface area contributed by atoms with Gasteiger partial charge < -0.3 is 4.74 Å². The normalized spacial score (nSPS) is 12.0. The van der Waals surface area contributed by atoms with E-state index in [1.807, 2.05) is 0 Å². The molecule has 70 valence electrons. The van der Waals surface area contributed by atoms with Crippen molar-refractivity contribution in [3.63, 3.8) is 0 Å². The summed E-state index contributed by atoms with van der Waals surface area (Å²) in [6, 6.07) is 2.36. The second kappa shape index (κ2) is 5.14. The summed E-state index contributed by atoms with van der Waals surface area (Å²) >= 11 is 0. The summed E-state index contributed by atoms with van der Waals surface area (Å²) in [7, 11) is 0.148. The van der Waals surface area contributed by atoms with Gasteiger partial charge in [-0.2, -0.15) is 0 Å². The number of carbonyl (C=O) groups excluding carboxylic acids is 1. The molecule has 0 N–H and O–H groups in total. The van der Waals surface area contributed by atoms with E-state index < -0.39 is 8.07 Å². The van der Waals surface area contributed by atoms with Crippen LogP contribution in [0.2, 0.25) is 18.6 Å². The van der Waals surface area contributed by atoms with Crippen molar-refractivity contribution in [3.8, 4) is 0 Å². The van der Waals surface area contributed by atoms with Gasteiger partial charge in [0.1, 0.15) is 0 Å². The molecule has 0 radical (unpaired) electrons. The van der Waals surface area contributed by atoms with Gasteiger partial charge in [0.2, 0.25) is 0 Å². The van der Waals surface area contributed by atoms with Crippen molar-refractivity contribution < 1.29 is 9.53 Å². The molecule has 0 unspecified atom stereocenters. The van der Waals surface area contributed by atoms with E-state index in [1.165, 1.54) is 19.2 Å². The van der Waals surface area contributed by atoms with Gasteiger partial charge in [-0.05, 0) is 0 Å². The maximum atomic E-state index is 10.8. The van der Waals surface area contributed by atoms with Crippen LogP contribution in [0.1, 0.15) is 13.8 Å². The first-order chi connectivity index (χ1) is 5.58. The summed E-state index contributed by atoms with van der Waals surface area (Å²) in [4.78, 5) is 10.8. The Labute approximate surface area is 75.6 Å². The Morgan fingerprint density at radius 2 is 1.92 bits per heavy atom. The van der Waals surface area contributed by atoms with Crippen LogP contribution < -0.4 is 0 Å². The number of esters is 1. The Balaban J connectivity index is 4.19. The molecule has 0 fully saturated rings. The standard InChI is InChI=1S/C9H18O2Si/c1-5-12(4,6-2)8-7-9(10)11-3/h7-8H,5-6H2,1-4H3/b8-7+. The summed E-state index contributed by atoms with van der Waals surface area (Å²) in [5, 5.41) is 0. The second-order valence-corrected chi connectivity index (χ2v) is 8.27. The molecule has 0 bridgehead atoms. The van der Waals surface area contributed by atoms with Gasteiger partial charge in [-0.1, -0.05) is 38.2 Å². The molecule has 0 aromatic rings. The van der Waals surface area contributed by atoms with Gasteiger partial charge in [-0.15, -0.1) is 0 Å². The van der Waals surface area contributed by atoms with Gasteiger partial charge in [-0.3, -0.25) is 0 Å². The smallest absolute Gasteiger partial charge is 0.329 e. The molecule has 3 heteroatoms. The summed E-state index contributed by atoms with van der Waals surface area (Å²) in [5.74, 6) is -0.240. The summed E-state index contributed by atoms with van der Waals surface area (Å²) in [5.41, 5.74) is 2.07. The zero-order valence-corrected chi connectivity index (χ0v) is 9.39. The lowest BCUT2D eigenvalue weighted by molar-refractivity contribution is -0.134. The first-order valence-electron chi connectivity index (χ1n) is 4.35. The summed E-state index contributed by atoms with van der Waals surface area (Å²) in [6.07, 6.45) is 1.57. The minimum absolute atomic E-state index is 0.240. The van der Waals surface area contributed by atoms with E-state index in [0.29, 0.717) is 0 Å². The molecule has 0 heterocycles. The molecule has 2 nitrogen and oxygen atoms in total. The highest BCUT2D eigenvalue weighted by atomic mass is 28.3. The van der Waals surface area contributed by atoms with Crippen molar-refractivity contribution in [2.24, 2.45) is 0 Å². The lowest BCUT2D eigenvalue weighted by Gasteiger charge is -2.18. The molecule has 0 aromatic carbocycles. The largest absolute Gasteiger partial charge is 0.466 e. The SMILES string of the molecule is CC[Si](C)(/C=C/C(=O)OC)CC. The predicted molar refractivity (Wildman–Crippen MR) is 53.7 cm³/mol. The molecule has 12 heavy (non-hydrogen) atoms. The number of rotatable bonds is 4. The molecule has 0 aliphatic rings. The quantitative estimate of drug-likeness (QED) is 0.383. The maximum absolute atomic E-state index is 10.8. The third-order valence-electron chi connectivity index (χ3n) is 2.44. The number of methoxy groups -OCH3 is 1. The molecule has 0 saturated carbocycles. The molecule has 0 spiro atoms. The van der Waals surface area contributed by atoms with Crippen molar-refractivity contribution in [1.82, 2.24) is 0 Å². The van der Waals surface area contributed by atoms with E-state index in [-0.39, 0.29) is 5.97 Å². The van der Waals surface area contributed by atoms with Crippen molar-refractivity contribution in [3.05, 3.63) is 11.8 Å². The number of hydrogen-bond acceptors (Lipinski definition) is 2. The van der Waals surface area contributed by atoms with E-state index in [1.54, 1.807) is 6.08 Å². The van der Waals surface area contributed by atoms with E-state index in [4.69, 9.17) is 0 Å². The van der Waals surface area contributed by atoms with Crippen LogP contribution in [-0.2, 0) is 9.53 Å². The van der Waals surface area contributed by atoms with E-state index >= 15 is 0 Å². The van der Waals surface area contributed by atoms with Crippen LogP contribution in [0.5, 0.6) is 0 Å². The van der Waals surface area contributed by atoms with Crippen LogP contribution in [0.15, 0.2) is 11.8 Å². The molecule has 0 aliphatic heterocycles. The Hall–Kier alpha value is -0.573. The Kier molecular flexibility index (Phi) is 4.89. The molecular weight excluding hydrogens is 168 g/mol. The van der Waals surface area contributed by atoms with Crippen molar-refractivity contribution in [1.29, 1.82) is 0 Å². The van der Waals surface area contributed by atoms with Gasteiger partial charge in [0.05, 0.1) is 15.2 Å². The molecule has 0 aromatic heterocycles. The van der Waals surface area contributed by atoms with E-state index in [2.05, 4.69) is 30.8 Å². The molecule has 0 aliphatic carbocycles. The highest BCUT2D eigenvalue weighted by molar-refractivity contribution is 6.83. The Morgan fingerprint density at radius 3 is 2.25 bits per heavy atom. The van der Waals surface area contributed by atoms with Crippen LogP contribution in [0.4, 0.5) is 0 Å². The fourth-order valence-electron chi connectivity index (χ4n) is 0.823. The van der Waals surface area contributed by atoms with Crippen molar-refractivity contribution >= 4 is 14.0 Å². The number of hydrogen-bond donors (Lipinski definition) is 0. The summed E-state index contributed by atoms with van der Waals surface area (Å²) in [6.45, 7) is 6.63. The molecule has 0 amide bonds. The van der Waals surface area contributed by atoms with E-state index in [9.17, 15) is 4.79 Å². The lowest BCUT2D eigenvalue weighted by atomic mass is 10.7. The Bertz CT molecular complexity index is 171. The summed E-state index contributed by atoms with van der Waals surface area (Å²) < 4.78 is 4.53. The molecular formula is C9H18O2Si. The second-order valence-electron chi connectivity index (χ2n) is 3.22. The topological polar surface area (TPSA) is 26.3 Å². The highest BCUT2D eigenvalue weighted by Crippen LogP contribution is 2.15. The predicted octanol–water partition coefficient (Wildman–Crippen LogP) is 2.37. The average molecular weight is 186 g/mol. The average Bonchev–Trinajstić information content (AvgIpc) is 2.13. The molecule has 0 atom stereocenters. The van der Waals surface area contributed by atoms with E-state index in [0.717, 1.165) is 0 Å². The van der Waals surface area contributed by atoms with Crippen molar-refractivity contribution in [2.75, 3.05) is 7.11 Å². The number of ether oxygens (including phenoxy) is 1. The van der Waals surface area contributed by atoms with Crippen LogP contribution in [0.25, 0.3) is 0 Å². The molecule has 0 saturated heterocycles. The van der Waals surface area contributed by atoms with Gasteiger partial charge in [0.15, 0.2) is 0 Å². The van der Waals surface area contributed by atoms with Crippen LogP contribution in [0, 0.1) is 0 Å². The van der Waals surface area contributed by atoms with Crippen molar-refractivity contribution in [2.45, 2.75) is 32.5 Å². The molecule has 0 rings (SSSR count). The van der Waals surface area contributed by atoms with Crippen LogP contribution >= 0.6 is 0 Å². The van der Waals surface area contributed by atoms with Gasteiger partial charge >= 0.3 is 5.97 Å². The Morgan fingerprint density at radius 1 is 1.42 bits per heavy atom. The van der Waals surface area contributed by atoms with Gasteiger partial charge in [0.25, 0.3) is 0 Å². The highest BCUT2D eigenvalue weighted by Gasteiger charge is 2.18. The fourth-order valence-corrected chi connectivity index (χ4v) is 2.33. The third-order valence-corrected chi connectivity index (χ3v) is 6.64. The maximum Gasteiger partial charge on any atom is 0.329 e. The lowest BCUT2D eigenvalue weighted by Crippen LogP contribution is -2.25.